The van der Waals surface area contributed by atoms with Crippen LogP contribution in [0.25, 0.3) is 0 Å². The SMILES string of the molecule is COC(=O)CCC(C)(C)C(=O)OCN.Cl. The second-order valence-electron chi connectivity index (χ2n) is 3.56. The average Bonchev–Trinajstić information content (AvgIpc) is 2.14. The molecule has 0 heterocycles. The number of halogens is 1. The van der Waals surface area contributed by atoms with Gasteiger partial charge < -0.3 is 9.47 Å². The molecule has 0 aliphatic rings. The van der Waals surface area contributed by atoms with Crippen LogP contribution in [0.15, 0.2) is 0 Å². The minimum Gasteiger partial charge on any atom is -0.469 e. The van der Waals surface area contributed by atoms with Gasteiger partial charge in [-0.05, 0) is 20.3 Å². The number of nitrogens with two attached hydrogens (primary N) is 1. The molecule has 0 saturated heterocycles. The highest BCUT2D eigenvalue weighted by Crippen LogP contribution is 2.24. The molecule has 0 aromatic heterocycles. The molecule has 0 amide bonds. The molecule has 0 fully saturated rings. The number of hydrogen-bond acceptors (Lipinski definition) is 5. The van der Waals surface area contributed by atoms with Gasteiger partial charge in [0.05, 0.1) is 12.5 Å². The van der Waals surface area contributed by atoms with Crippen LogP contribution in [-0.4, -0.2) is 25.8 Å². The molecule has 90 valence electrons. The second-order valence-corrected chi connectivity index (χ2v) is 3.56. The van der Waals surface area contributed by atoms with Crippen molar-refractivity contribution in [2.24, 2.45) is 11.1 Å². The molecule has 0 bridgehead atoms. The number of rotatable bonds is 5. The molecule has 0 spiro atoms. The summed E-state index contributed by atoms with van der Waals surface area (Å²) in [6, 6.07) is 0. The van der Waals surface area contributed by atoms with Crippen molar-refractivity contribution in [3.63, 3.8) is 0 Å². The first-order valence-electron chi connectivity index (χ1n) is 4.38. The maximum Gasteiger partial charge on any atom is 0.312 e. The molecule has 0 aromatic rings. The van der Waals surface area contributed by atoms with Gasteiger partial charge in [-0.2, -0.15) is 0 Å². The summed E-state index contributed by atoms with van der Waals surface area (Å²) >= 11 is 0. The highest BCUT2D eigenvalue weighted by Gasteiger charge is 2.29. The van der Waals surface area contributed by atoms with Crippen molar-refractivity contribution in [1.29, 1.82) is 0 Å². The Bertz CT molecular complexity index is 218. The largest absolute Gasteiger partial charge is 0.469 e. The standard InChI is InChI=1S/C9H17NO4.ClH/c1-9(2,8(12)14-6-10)5-4-7(11)13-3;/h4-6,10H2,1-3H3;1H. The maximum absolute atomic E-state index is 11.3. The third kappa shape index (κ3) is 6.30. The topological polar surface area (TPSA) is 78.6 Å². The number of methoxy groups -OCH3 is 1. The van der Waals surface area contributed by atoms with Gasteiger partial charge in [0.15, 0.2) is 0 Å². The number of carbonyl (C=O) groups is 2. The zero-order valence-electron chi connectivity index (χ0n) is 9.24. The summed E-state index contributed by atoms with van der Waals surface area (Å²) in [6.45, 7) is 3.27. The Hall–Kier alpha value is -0.810. The van der Waals surface area contributed by atoms with Gasteiger partial charge >= 0.3 is 11.9 Å². The van der Waals surface area contributed by atoms with Gasteiger partial charge in [0.25, 0.3) is 0 Å². The van der Waals surface area contributed by atoms with Crippen LogP contribution in [0.2, 0.25) is 0 Å². The van der Waals surface area contributed by atoms with Gasteiger partial charge in [-0.1, -0.05) is 0 Å². The van der Waals surface area contributed by atoms with Gasteiger partial charge in [0.1, 0.15) is 6.73 Å². The van der Waals surface area contributed by atoms with Crippen LogP contribution in [0, 0.1) is 5.41 Å². The smallest absolute Gasteiger partial charge is 0.312 e. The lowest BCUT2D eigenvalue weighted by Crippen LogP contribution is -2.29. The minimum absolute atomic E-state index is 0. The number of carbonyl (C=O) groups excluding carboxylic acids is 2. The maximum atomic E-state index is 11.3. The fourth-order valence-electron chi connectivity index (χ4n) is 0.890. The van der Waals surface area contributed by atoms with E-state index in [4.69, 9.17) is 5.73 Å². The van der Waals surface area contributed by atoms with Crippen molar-refractivity contribution in [3.05, 3.63) is 0 Å². The number of esters is 2. The number of hydrogen-bond donors (Lipinski definition) is 1. The lowest BCUT2D eigenvalue weighted by molar-refractivity contribution is -0.154. The molecular formula is C9H18ClNO4. The van der Waals surface area contributed by atoms with Crippen LogP contribution >= 0.6 is 12.4 Å². The molecule has 0 aromatic carbocycles. The molecule has 0 aliphatic heterocycles. The second kappa shape index (κ2) is 7.48. The van der Waals surface area contributed by atoms with E-state index >= 15 is 0 Å². The van der Waals surface area contributed by atoms with Crippen LogP contribution in [0.3, 0.4) is 0 Å². The molecule has 2 N–H and O–H groups in total. The molecule has 5 nitrogen and oxygen atoms in total. The van der Waals surface area contributed by atoms with Gasteiger partial charge in [0.2, 0.25) is 0 Å². The van der Waals surface area contributed by atoms with Gasteiger partial charge in [-0.25, -0.2) is 0 Å². The summed E-state index contributed by atoms with van der Waals surface area (Å²) in [5, 5.41) is 0. The third-order valence-electron chi connectivity index (χ3n) is 1.95. The Morgan fingerprint density at radius 2 is 1.87 bits per heavy atom. The van der Waals surface area contributed by atoms with E-state index < -0.39 is 11.4 Å². The lowest BCUT2D eigenvalue weighted by Gasteiger charge is -2.21. The van der Waals surface area contributed by atoms with Crippen LogP contribution in [0.1, 0.15) is 26.7 Å². The average molecular weight is 240 g/mol. The summed E-state index contributed by atoms with van der Waals surface area (Å²) in [6.07, 6.45) is 0.585. The normalized spacial score (nSPS) is 10.1. The summed E-state index contributed by atoms with van der Waals surface area (Å²) in [4.78, 5) is 22.2. The zero-order chi connectivity index (χ0) is 11.2. The van der Waals surface area contributed by atoms with E-state index in [-0.39, 0.29) is 31.5 Å². The van der Waals surface area contributed by atoms with E-state index in [1.165, 1.54) is 7.11 Å². The van der Waals surface area contributed by atoms with E-state index in [0.29, 0.717) is 6.42 Å². The van der Waals surface area contributed by atoms with Crippen molar-refractivity contribution >= 4 is 24.3 Å². The molecule has 0 rings (SSSR count). The van der Waals surface area contributed by atoms with Crippen LogP contribution < -0.4 is 5.73 Å². The molecule has 0 unspecified atom stereocenters. The van der Waals surface area contributed by atoms with Crippen molar-refractivity contribution in [1.82, 2.24) is 0 Å². The Balaban J connectivity index is 0. The van der Waals surface area contributed by atoms with Crippen molar-refractivity contribution in [3.8, 4) is 0 Å². The summed E-state index contributed by atoms with van der Waals surface area (Å²) < 4.78 is 9.13. The lowest BCUT2D eigenvalue weighted by atomic mass is 9.88. The van der Waals surface area contributed by atoms with E-state index in [1.807, 2.05) is 0 Å². The van der Waals surface area contributed by atoms with E-state index in [2.05, 4.69) is 9.47 Å². The monoisotopic (exact) mass is 239 g/mol. The predicted molar refractivity (Wildman–Crippen MR) is 57.4 cm³/mol. The van der Waals surface area contributed by atoms with Crippen molar-refractivity contribution < 1.29 is 19.1 Å². The molecule has 6 heteroatoms. The van der Waals surface area contributed by atoms with Gasteiger partial charge in [0, 0.05) is 6.42 Å². The Kier molecular flexibility index (Phi) is 8.28. The Morgan fingerprint density at radius 3 is 2.27 bits per heavy atom. The predicted octanol–water partition coefficient (Wildman–Crippen LogP) is 0.847. The highest BCUT2D eigenvalue weighted by molar-refractivity contribution is 5.85. The van der Waals surface area contributed by atoms with Crippen LogP contribution in [-0.2, 0) is 19.1 Å². The molecular weight excluding hydrogens is 222 g/mol. The Labute approximate surface area is 95.7 Å². The van der Waals surface area contributed by atoms with Gasteiger partial charge in [-0.3, -0.25) is 15.3 Å². The minimum atomic E-state index is -0.701. The van der Waals surface area contributed by atoms with Crippen molar-refractivity contribution in [2.75, 3.05) is 13.8 Å². The summed E-state index contributed by atoms with van der Waals surface area (Å²) in [5.41, 5.74) is 4.37. The van der Waals surface area contributed by atoms with E-state index in [1.54, 1.807) is 13.8 Å². The fraction of sp³-hybridized carbons (Fsp3) is 0.778. The highest BCUT2D eigenvalue weighted by atomic mass is 35.5. The quantitative estimate of drug-likeness (QED) is 0.568. The van der Waals surface area contributed by atoms with E-state index in [0.717, 1.165) is 0 Å². The van der Waals surface area contributed by atoms with Crippen LogP contribution in [0.4, 0.5) is 0 Å². The molecule has 15 heavy (non-hydrogen) atoms. The Morgan fingerprint density at radius 1 is 1.33 bits per heavy atom. The fourth-order valence-corrected chi connectivity index (χ4v) is 0.890. The van der Waals surface area contributed by atoms with E-state index in [9.17, 15) is 9.59 Å². The first-order chi connectivity index (χ1) is 6.44. The third-order valence-corrected chi connectivity index (χ3v) is 1.95. The van der Waals surface area contributed by atoms with Gasteiger partial charge in [-0.15, -0.1) is 12.4 Å². The first kappa shape index (κ1) is 16.6. The molecule has 0 aliphatic carbocycles. The van der Waals surface area contributed by atoms with Crippen molar-refractivity contribution in [2.45, 2.75) is 26.7 Å². The summed E-state index contributed by atoms with van der Waals surface area (Å²) in [5.74, 6) is -0.734. The molecule has 0 saturated carbocycles. The molecule has 0 atom stereocenters. The molecule has 0 radical (unpaired) electrons. The van der Waals surface area contributed by atoms with Crippen LogP contribution in [0.5, 0.6) is 0 Å². The number of ether oxygens (including phenoxy) is 2. The zero-order valence-corrected chi connectivity index (χ0v) is 10.1. The first-order valence-corrected chi connectivity index (χ1v) is 4.38. The summed E-state index contributed by atoms with van der Waals surface area (Å²) in [7, 11) is 1.31.